The molecule has 0 aromatic carbocycles. The van der Waals surface area contributed by atoms with Gasteiger partial charge in [-0.1, -0.05) is 6.08 Å². The largest absolute Gasteiger partial charge is 0.382 e. The quantitative estimate of drug-likeness (QED) is 0.636. The summed E-state index contributed by atoms with van der Waals surface area (Å²) in [7, 11) is 0. The molecule has 3 N–H and O–H groups in total. The van der Waals surface area contributed by atoms with Gasteiger partial charge >= 0.3 is 0 Å². The van der Waals surface area contributed by atoms with Crippen molar-refractivity contribution in [3.63, 3.8) is 0 Å². The Kier molecular flexibility index (Phi) is 2.49. The molecule has 0 aliphatic heterocycles. The first-order chi connectivity index (χ1) is 5.34. The number of nitrogens with one attached hydrogen (secondary N) is 1. The maximum atomic E-state index is 5.55. The van der Waals surface area contributed by atoms with E-state index >= 15 is 0 Å². The number of nitrogens with two attached hydrogens (primary N) is 1. The van der Waals surface area contributed by atoms with Crippen molar-refractivity contribution in [2.75, 3.05) is 17.6 Å². The molecule has 0 radical (unpaired) electrons. The van der Waals surface area contributed by atoms with Crippen LogP contribution in [-0.2, 0) is 0 Å². The third-order valence-electron chi connectivity index (χ3n) is 1.28. The highest BCUT2D eigenvalue weighted by atomic mass is 14.9. The van der Waals surface area contributed by atoms with Crippen molar-refractivity contribution in [2.45, 2.75) is 0 Å². The molecular weight excluding hydrogens is 138 g/mol. The molecule has 0 spiro atoms. The Morgan fingerprint density at radius 1 is 1.73 bits per heavy atom. The Bertz CT molecular complexity index is 245. The molecule has 0 amide bonds. The topological polar surface area (TPSA) is 50.9 Å². The van der Waals surface area contributed by atoms with Gasteiger partial charge in [-0.25, -0.2) is 4.98 Å². The lowest BCUT2D eigenvalue weighted by molar-refractivity contribution is 1.28. The van der Waals surface area contributed by atoms with Crippen LogP contribution in [0.5, 0.6) is 0 Å². The van der Waals surface area contributed by atoms with E-state index in [1.807, 2.05) is 12.1 Å². The van der Waals surface area contributed by atoms with E-state index in [9.17, 15) is 0 Å². The third kappa shape index (κ3) is 1.97. The number of nitrogens with zero attached hydrogens (tertiary/aromatic N) is 1. The Hall–Kier alpha value is -1.51. The molecule has 0 unspecified atom stereocenters. The van der Waals surface area contributed by atoms with Gasteiger partial charge < -0.3 is 11.1 Å². The first kappa shape index (κ1) is 7.60. The van der Waals surface area contributed by atoms with Crippen molar-refractivity contribution in [3.8, 4) is 0 Å². The molecule has 0 atom stereocenters. The van der Waals surface area contributed by atoms with Crippen LogP contribution in [0.4, 0.5) is 11.5 Å². The van der Waals surface area contributed by atoms with Crippen molar-refractivity contribution in [3.05, 3.63) is 31.0 Å². The van der Waals surface area contributed by atoms with Gasteiger partial charge in [-0.3, -0.25) is 0 Å². The molecule has 1 aromatic rings. The highest BCUT2D eigenvalue weighted by Gasteiger charge is 1.93. The minimum Gasteiger partial charge on any atom is -0.382 e. The highest BCUT2D eigenvalue weighted by molar-refractivity contribution is 5.60. The number of anilines is 2. The summed E-state index contributed by atoms with van der Waals surface area (Å²) in [4.78, 5) is 3.91. The molecule has 0 aliphatic carbocycles. The Balaban J connectivity index is 2.69. The Morgan fingerprint density at radius 3 is 3.18 bits per heavy atom. The number of hydrogen-bond acceptors (Lipinski definition) is 3. The van der Waals surface area contributed by atoms with Crippen LogP contribution in [0, 0.1) is 0 Å². The Morgan fingerprint density at radius 2 is 2.55 bits per heavy atom. The van der Waals surface area contributed by atoms with Crippen LogP contribution in [0.25, 0.3) is 0 Å². The van der Waals surface area contributed by atoms with Crippen LogP contribution in [0.3, 0.4) is 0 Å². The van der Waals surface area contributed by atoms with Gasteiger partial charge in [0.1, 0.15) is 5.82 Å². The maximum absolute atomic E-state index is 5.55. The fourth-order valence-electron chi connectivity index (χ4n) is 0.749. The standard InChI is InChI=1S/C8H11N3/c1-2-5-10-7-4-3-6-11-8(7)9/h2-4,6,10H,1,5H2,(H2,9,11). The predicted octanol–water partition coefficient (Wildman–Crippen LogP) is 1.26. The molecule has 0 bridgehead atoms. The summed E-state index contributed by atoms with van der Waals surface area (Å²) in [6, 6.07) is 3.72. The normalized spacial score (nSPS) is 9.09. The van der Waals surface area contributed by atoms with Crippen LogP contribution in [0.2, 0.25) is 0 Å². The molecule has 58 valence electrons. The second kappa shape index (κ2) is 3.61. The summed E-state index contributed by atoms with van der Waals surface area (Å²) in [5.41, 5.74) is 6.41. The lowest BCUT2D eigenvalue weighted by atomic mass is 10.4. The van der Waals surface area contributed by atoms with E-state index in [-0.39, 0.29) is 0 Å². The monoisotopic (exact) mass is 149 g/mol. The maximum Gasteiger partial charge on any atom is 0.146 e. The summed E-state index contributed by atoms with van der Waals surface area (Å²) in [5, 5.41) is 3.06. The molecule has 3 heteroatoms. The van der Waals surface area contributed by atoms with Crippen molar-refractivity contribution in [1.82, 2.24) is 4.98 Å². The van der Waals surface area contributed by atoms with Crippen LogP contribution >= 0.6 is 0 Å². The molecule has 11 heavy (non-hydrogen) atoms. The van der Waals surface area contributed by atoms with E-state index in [1.54, 1.807) is 12.3 Å². The van der Waals surface area contributed by atoms with Gasteiger partial charge in [0.15, 0.2) is 0 Å². The zero-order chi connectivity index (χ0) is 8.10. The van der Waals surface area contributed by atoms with E-state index in [4.69, 9.17) is 5.73 Å². The molecule has 0 saturated heterocycles. The van der Waals surface area contributed by atoms with Gasteiger partial charge in [-0.2, -0.15) is 0 Å². The molecule has 1 aromatic heterocycles. The molecule has 1 rings (SSSR count). The van der Waals surface area contributed by atoms with E-state index in [0.29, 0.717) is 12.4 Å². The summed E-state index contributed by atoms with van der Waals surface area (Å²) < 4.78 is 0. The van der Waals surface area contributed by atoms with Crippen LogP contribution in [0.1, 0.15) is 0 Å². The fraction of sp³-hybridized carbons (Fsp3) is 0.125. The van der Waals surface area contributed by atoms with E-state index in [1.165, 1.54) is 0 Å². The zero-order valence-corrected chi connectivity index (χ0v) is 6.25. The van der Waals surface area contributed by atoms with E-state index in [0.717, 1.165) is 5.69 Å². The van der Waals surface area contributed by atoms with Gasteiger partial charge in [-0.05, 0) is 12.1 Å². The number of hydrogen-bond donors (Lipinski definition) is 2. The molecule has 0 fully saturated rings. The average Bonchev–Trinajstić information content (AvgIpc) is 2.03. The minimum absolute atomic E-state index is 0.523. The first-order valence-electron chi connectivity index (χ1n) is 3.40. The molecule has 3 nitrogen and oxygen atoms in total. The van der Waals surface area contributed by atoms with Crippen molar-refractivity contribution < 1.29 is 0 Å². The zero-order valence-electron chi connectivity index (χ0n) is 6.25. The van der Waals surface area contributed by atoms with Gasteiger partial charge in [-0.15, -0.1) is 6.58 Å². The van der Waals surface area contributed by atoms with Gasteiger partial charge in [0.05, 0.1) is 5.69 Å². The highest BCUT2D eigenvalue weighted by Crippen LogP contribution is 2.12. The SMILES string of the molecule is C=CCNc1cccnc1N. The summed E-state index contributed by atoms with van der Waals surface area (Å²) >= 11 is 0. The second-order valence-electron chi connectivity index (χ2n) is 2.11. The minimum atomic E-state index is 0.523. The van der Waals surface area contributed by atoms with Crippen LogP contribution in [-0.4, -0.2) is 11.5 Å². The summed E-state index contributed by atoms with van der Waals surface area (Å²) in [6.45, 7) is 4.29. The van der Waals surface area contributed by atoms with Crippen molar-refractivity contribution in [1.29, 1.82) is 0 Å². The van der Waals surface area contributed by atoms with E-state index < -0.39 is 0 Å². The van der Waals surface area contributed by atoms with Gasteiger partial charge in [0, 0.05) is 12.7 Å². The van der Waals surface area contributed by atoms with Crippen molar-refractivity contribution >= 4 is 11.5 Å². The van der Waals surface area contributed by atoms with Crippen LogP contribution in [0.15, 0.2) is 31.0 Å². The second-order valence-corrected chi connectivity index (χ2v) is 2.11. The number of aromatic nitrogens is 1. The number of nitrogen functional groups attached to an aromatic ring is 1. The van der Waals surface area contributed by atoms with Gasteiger partial charge in [0.2, 0.25) is 0 Å². The molecule has 0 saturated carbocycles. The molecular formula is C8H11N3. The lowest BCUT2D eigenvalue weighted by Gasteiger charge is -2.04. The summed E-state index contributed by atoms with van der Waals surface area (Å²) in [6.07, 6.45) is 3.43. The smallest absolute Gasteiger partial charge is 0.146 e. The van der Waals surface area contributed by atoms with E-state index in [2.05, 4.69) is 16.9 Å². The molecule has 1 heterocycles. The fourth-order valence-corrected chi connectivity index (χ4v) is 0.749. The number of rotatable bonds is 3. The van der Waals surface area contributed by atoms with Crippen molar-refractivity contribution in [2.24, 2.45) is 0 Å². The predicted molar refractivity (Wildman–Crippen MR) is 47.3 cm³/mol. The lowest BCUT2D eigenvalue weighted by Crippen LogP contribution is -2.02. The molecule has 0 aliphatic rings. The average molecular weight is 149 g/mol. The van der Waals surface area contributed by atoms with Crippen LogP contribution < -0.4 is 11.1 Å². The third-order valence-corrected chi connectivity index (χ3v) is 1.28. The first-order valence-corrected chi connectivity index (χ1v) is 3.40. The summed E-state index contributed by atoms with van der Waals surface area (Å²) in [5.74, 6) is 0.523. The van der Waals surface area contributed by atoms with Gasteiger partial charge in [0.25, 0.3) is 0 Å². The Labute approximate surface area is 65.9 Å². The number of pyridine rings is 1.